The molecule has 3 atom stereocenters. The van der Waals surface area contributed by atoms with Crippen molar-refractivity contribution in [2.24, 2.45) is 5.92 Å². The molecule has 43 heavy (non-hydrogen) atoms. The van der Waals surface area contributed by atoms with Crippen molar-refractivity contribution in [1.82, 2.24) is 9.62 Å². The Hall–Kier alpha value is -3.44. The predicted molar refractivity (Wildman–Crippen MR) is 165 cm³/mol. The van der Waals surface area contributed by atoms with E-state index in [9.17, 15) is 18.3 Å². The van der Waals surface area contributed by atoms with Crippen LogP contribution in [0.25, 0.3) is 0 Å². The zero-order chi connectivity index (χ0) is 31.0. The number of aliphatic hydroxyl groups is 1. The summed E-state index contributed by atoms with van der Waals surface area (Å²) >= 11 is 0. The second kappa shape index (κ2) is 14.8. The Kier molecular flexibility index (Phi) is 11.2. The molecule has 0 bridgehead atoms. The van der Waals surface area contributed by atoms with Crippen molar-refractivity contribution in [3.05, 3.63) is 89.5 Å². The molecule has 0 spiro atoms. The first-order valence-corrected chi connectivity index (χ1v) is 16.0. The van der Waals surface area contributed by atoms with Crippen LogP contribution in [0.4, 0.5) is 0 Å². The van der Waals surface area contributed by atoms with Gasteiger partial charge in [0.05, 0.1) is 42.9 Å². The number of carbonyl (C=O) groups is 1. The second-order valence-electron chi connectivity index (χ2n) is 11.3. The van der Waals surface area contributed by atoms with Crippen LogP contribution in [-0.2, 0) is 21.2 Å². The standard InChI is InChI=1S/C33H42N2O7S/c1-23(2)20-35(43(38,39)28-13-11-26(40-4)12-14-28)21-31(36)30(19-25-8-6-5-7-9-25)34-33(37)29-15-10-24(3)18-32(29)42-27-16-17-41-22-27/h5-15,18,23,27,30-31,36H,16-17,19-22H2,1-4H3,(H,34,37). The van der Waals surface area contributed by atoms with Crippen LogP contribution in [-0.4, -0.2) is 75.4 Å². The normalized spacial score (nSPS) is 16.7. The summed E-state index contributed by atoms with van der Waals surface area (Å²) in [6, 6.07) is 20.2. The van der Waals surface area contributed by atoms with Gasteiger partial charge in [0.25, 0.3) is 5.91 Å². The van der Waals surface area contributed by atoms with E-state index >= 15 is 0 Å². The van der Waals surface area contributed by atoms with Crippen molar-refractivity contribution in [2.45, 2.75) is 56.8 Å². The molecular weight excluding hydrogens is 568 g/mol. The van der Waals surface area contributed by atoms with Crippen LogP contribution in [0.3, 0.4) is 0 Å². The number of amides is 1. The Morgan fingerprint density at radius 3 is 2.42 bits per heavy atom. The Morgan fingerprint density at radius 1 is 1.07 bits per heavy atom. The van der Waals surface area contributed by atoms with Crippen LogP contribution in [0.2, 0.25) is 0 Å². The van der Waals surface area contributed by atoms with E-state index in [-0.39, 0.29) is 30.0 Å². The smallest absolute Gasteiger partial charge is 0.255 e. The Bertz CT molecular complexity index is 1440. The number of hydrogen-bond acceptors (Lipinski definition) is 7. The maximum Gasteiger partial charge on any atom is 0.255 e. The summed E-state index contributed by atoms with van der Waals surface area (Å²) in [5.74, 6) is 0.570. The number of ether oxygens (including phenoxy) is 3. The van der Waals surface area contributed by atoms with Gasteiger partial charge in [-0.25, -0.2) is 8.42 Å². The highest BCUT2D eigenvalue weighted by Crippen LogP contribution is 2.25. The Balaban J connectivity index is 1.60. The van der Waals surface area contributed by atoms with Crippen LogP contribution in [0, 0.1) is 12.8 Å². The third kappa shape index (κ3) is 8.79. The lowest BCUT2D eigenvalue weighted by molar-refractivity contribution is 0.0769. The molecule has 3 aromatic carbocycles. The molecule has 0 radical (unpaired) electrons. The molecule has 0 aliphatic carbocycles. The predicted octanol–water partition coefficient (Wildman–Crippen LogP) is 4.22. The van der Waals surface area contributed by atoms with E-state index in [2.05, 4.69) is 5.32 Å². The van der Waals surface area contributed by atoms with E-state index in [4.69, 9.17) is 14.2 Å². The van der Waals surface area contributed by atoms with Gasteiger partial charge in [-0.2, -0.15) is 4.31 Å². The third-order valence-electron chi connectivity index (χ3n) is 7.30. The number of sulfonamides is 1. The summed E-state index contributed by atoms with van der Waals surface area (Å²) in [4.78, 5) is 13.8. The van der Waals surface area contributed by atoms with Gasteiger partial charge in [0.2, 0.25) is 10.0 Å². The van der Waals surface area contributed by atoms with Crippen LogP contribution >= 0.6 is 0 Å². The average molecular weight is 611 g/mol. The summed E-state index contributed by atoms with van der Waals surface area (Å²) in [5, 5.41) is 14.6. The highest BCUT2D eigenvalue weighted by atomic mass is 32.2. The second-order valence-corrected chi connectivity index (χ2v) is 13.3. The molecule has 1 fully saturated rings. The number of benzene rings is 3. The maximum atomic E-state index is 13.7. The number of aryl methyl sites for hydroxylation is 1. The summed E-state index contributed by atoms with van der Waals surface area (Å²) in [5.41, 5.74) is 2.18. The van der Waals surface area contributed by atoms with Gasteiger partial charge < -0.3 is 24.6 Å². The first-order valence-electron chi connectivity index (χ1n) is 14.6. The van der Waals surface area contributed by atoms with E-state index in [1.165, 1.54) is 23.5 Å². The number of carbonyl (C=O) groups excluding carboxylic acids is 1. The monoisotopic (exact) mass is 610 g/mol. The van der Waals surface area contributed by atoms with Crippen LogP contribution < -0.4 is 14.8 Å². The molecule has 3 unspecified atom stereocenters. The first kappa shape index (κ1) is 32.5. The number of aliphatic hydroxyl groups excluding tert-OH is 1. The van der Waals surface area contributed by atoms with E-state index in [0.717, 1.165) is 17.5 Å². The van der Waals surface area contributed by atoms with E-state index in [1.54, 1.807) is 18.2 Å². The minimum absolute atomic E-state index is 0.00535. The summed E-state index contributed by atoms with van der Waals surface area (Å²) in [6.45, 7) is 6.81. The fourth-order valence-electron chi connectivity index (χ4n) is 5.01. The molecule has 1 aliphatic rings. The Labute approximate surface area is 254 Å². The number of methoxy groups -OCH3 is 1. The molecule has 3 aromatic rings. The molecular formula is C33H42N2O7S. The number of rotatable bonds is 14. The van der Waals surface area contributed by atoms with Gasteiger partial charge in [0.1, 0.15) is 17.6 Å². The maximum absolute atomic E-state index is 13.7. The molecule has 1 amide bonds. The average Bonchev–Trinajstić information content (AvgIpc) is 3.50. The topological polar surface area (TPSA) is 114 Å². The number of hydrogen-bond donors (Lipinski definition) is 2. The quantitative estimate of drug-likeness (QED) is 0.281. The molecule has 0 aromatic heterocycles. The van der Waals surface area contributed by atoms with Crippen molar-refractivity contribution in [2.75, 3.05) is 33.4 Å². The highest BCUT2D eigenvalue weighted by Gasteiger charge is 2.32. The lowest BCUT2D eigenvalue weighted by Gasteiger charge is -2.31. The van der Waals surface area contributed by atoms with Gasteiger partial charge >= 0.3 is 0 Å². The molecule has 1 aliphatic heterocycles. The third-order valence-corrected chi connectivity index (χ3v) is 9.15. The van der Waals surface area contributed by atoms with Gasteiger partial charge in [0, 0.05) is 19.5 Å². The van der Waals surface area contributed by atoms with Gasteiger partial charge in [-0.1, -0.05) is 50.2 Å². The van der Waals surface area contributed by atoms with Crippen molar-refractivity contribution >= 4 is 15.9 Å². The molecule has 0 saturated carbocycles. The molecule has 1 saturated heterocycles. The van der Waals surface area contributed by atoms with E-state index < -0.39 is 28.1 Å². The number of nitrogens with zero attached hydrogens (tertiary/aromatic N) is 1. The molecule has 9 nitrogen and oxygen atoms in total. The lowest BCUT2D eigenvalue weighted by atomic mass is 10.00. The Morgan fingerprint density at radius 2 is 1.79 bits per heavy atom. The molecule has 4 rings (SSSR count). The fraction of sp³-hybridized carbons (Fsp3) is 0.424. The summed E-state index contributed by atoms with van der Waals surface area (Å²) in [7, 11) is -2.44. The van der Waals surface area contributed by atoms with Crippen LogP contribution in [0.5, 0.6) is 11.5 Å². The molecule has 232 valence electrons. The van der Waals surface area contributed by atoms with Gasteiger partial charge in [0.15, 0.2) is 0 Å². The molecule has 1 heterocycles. The SMILES string of the molecule is COc1ccc(S(=O)(=O)N(CC(C)C)CC(O)C(Cc2ccccc2)NC(=O)c2ccc(C)cc2OC2CCOC2)cc1. The highest BCUT2D eigenvalue weighted by molar-refractivity contribution is 7.89. The van der Waals surface area contributed by atoms with E-state index in [1.807, 2.05) is 63.2 Å². The minimum atomic E-state index is -3.95. The van der Waals surface area contributed by atoms with Crippen molar-refractivity contribution in [3.63, 3.8) is 0 Å². The number of nitrogens with one attached hydrogen (secondary N) is 1. The zero-order valence-corrected chi connectivity index (χ0v) is 26.0. The van der Waals surface area contributed by atoms with Gasteiger partial charge in [-0.05, 0) is 66.8 Å². The largest absolute Gasteiger partial charge is 0.497 e. The summed E-state index contributed by atoms with van der Waals surface area (Å²) in [6.07, 6.45) is -0.330. The van der Waals surface area contributed by atoms with Crippen molar-refractivity contribution in [3.8, 4) is 11.5 Å². The van der Waals surface area contributed by atoms with Gasteiger partial charge in [-0.15, -0.1) is 0 Å². The minimum Gasteiger partial charge on any atom is -0.497 e. The molecule has 10 heteroatoms. The van der Waals surface area contributed by atoms with Crippen molar-refractivity contribution < 1.29 is 32.5 Å². The fourth-order valence-corrected chi connectivity index (χ4v) is 6.63. The zero-order valence-electron chi connectivity index (χ0n) is 25.2. The first-order chi connectivity index (χ1) is 20.6. The van der Waals surface area contributed by atoms with Crippen molar-refractivity contribution in [1.29, 1.82) is 0 Å². The van der Waals surface area contributed by atoms with Crippen LogP contribution in [0.15, 0.2) is 77.7 Å². The summed E-state index contributed by atoms with van der Waals surface area (Å²) < 4.78 is 45.5. The van der Waals surface area contributed by atoms with E-state index in [0.29, 0.717) is 36.7 Å². The lowest BCUT2D eigenvalue weighted by Crippen LogP contribution is -2.51. The van der Waals surface area contributed by atoms with Crippen LogP contribution in [0.1, 0.15) is 41.8 Å². The molecule has 2 N–H and O–H groups in total. The van der Waals surface area contributed by atoms with Gasteiger partial charge in [-0.3, -0.25) is 4.79 Å².